The summed E-state index contributed by atoms with van der Waals surface area (Å²) in [5.74, 6) is -2.07. The zero-order valence-corrected chi connectivity index (χ0v) is 16.7. The van der Waals surface area contributed by atoms with Crippen LogP contribution < -0.4 is 11.1 Å². The van der Waals surface area contributed by atoms with Crippen LogP contribution in [0.25, 0.3) is 0 Å². The van der Waals surface area contributed by atoms with Gasteiger partial charge in [0, 0.05) is 11.4 Å². The molecule has 1 unspecified atom stereocenters. The van der Waals surface area contributed by atoms with E-state index in [0.717, 1.165) is 5.56 Å². The van der Waals surface area contributed by atoms with Crippen molar-refractivity contribution in [3.63, 3.8) is 0 Å². The van der Waals surface area contributed by atoms with Gasteiger partial charge in [-0.2, -0.15) is 0 Å². The lowest BCUT2D eigenvalue weighted by molar-refractivity contribution is -0.138. The third-order valence-corrected chi connectivity index (χ3v) is 5.08. The van der Waals surface area contributed by atoms with Crippen molar-refractivity contribution in [2.75, 3.05) is 11.1 Å². The molecule has 0 saturated carbocycles. The first-order valence-electron chi connectivity index (χ1n) is 8.77. The maximum Gasteiger partial charge on any atom is 0.311 e. The van der Waals surface area contributed by atoms with Crippen molar-refractivity contribution in [3.05, 3.63) is 93.5 Å². The summed E-state index contributed by atoms with van der Waals surface area (Å²) in [6.07, 6.45) is 0.295. The summed E-state index contributed by atoms with van der Waals surface area (Å²) in [5, 5.41) is 12.9. The van der Waals surface area contributed by atoms with Crippen LogP contribution >= 0.6 is 23.2 Å². The van der Waals surface area contributed by atoms with Crippen LogP contribution in [0, 0.1) is 0 Å². The Bertz CT molecular complexity index is 1030. The Kier molecular flexibility index (Phi) is 6.42. The third-order valence-electron chi connectivity index (χ3n) is 4.45. The first-order chi connectivity index (χ1) is 13.8. The summed E-state index contributed by atoms with van der Waals surface area (Å²) < 4.78 is 0. The lowest BCUT2D eigenvalue weighted by atomic mass is 9.91. The van der Waals surface area contributed by atoms with Gasteiger partial charge in [0.25, 0.3) is 5.91 Å². The number of nitrogen functional groups attached to an aromatic ring is 1. The number of benzene rings is 3. The lowest BCUT2D eigenvalue weighted by Gasteiger charge is -2.14. The second kappa shape index (κ2) is 8.99. The highest BCUT2D eigenvalue weighted by Crippen LogP contribution is 2.26. The molecule has 0 saturated heterocycles. The molecule has 0 fully saturated rings. The Morgan fingerprint density at radius 3 is 2.17 bits per heavy atom. The molecule has 3 rings (SSSR count). The quantitative estimate of drug-likeness (QED) is 0.468. The highest BCUT2D eigenvalue weighted by atomic mass is 35.5. The Balaban J connectivity index is 1.74. The van der Waals surface area contributed by atoms with Gasteiger partial charge in [0.15, 0.2) is 0 Å². The molecule has 0 heterocycles. The fourth-order valence-corrected chi connectivity index (χ4v) is 3.56. The molecule has 4 N–H and O–H groups in total. The van der Waals surface area contributed by atoms with Gasteiger partial charge >= 0.3 is 5.97 Å². The highest BCUT2D eigenvalue weighted by molar-refractivity contribution is 6.40. The molecule has 3 aromatic rings. The number of carbonyl (C=O) groups is 2. The molecule has 0 aliphatic rings. The predicted molar refractivity (Wildman–Crippen MR) is 116 cm³/mol. The number of rotatable bonds is 6. The van der Waals surface area contributed by atoms with Crippen molar-refractivity contribution in [3.8, 4) is 0 Å². The molecule has 0 spiro atoms. The monoisotopic (exact) mass is 428 g/mol. The molecule has 3 aromatic carbocycles. The molecule has 1 atom stereocenters. The molecular formula is C22H18Cl2N2O3. The maximum atomic E-state index is 12.5. The number of nitrogens with two attached hydrogens (primary N) is 1. The zero-order valence-electron chi connectivity index (χ0n) is 15.2. The number of hydrogen-bond donors (Lipinski definition) is 3. The molecule has 0 aliphatic heterocycles. The van der Waals surface area contributed by atoms with Gasteiger partial charge in [0.05, 0.1) is 21.5 Å². The van der Waals surface area contributed by atoms with Gasteiger partial charge in [-0.15, -0.1) is 0 Å². The molecule has 5 nitrogen and oxygen atoms in total. The fourth-order valence-electron chi connectivity index (χ4n) is 2.99. The molecule has 1 amide bonds. The van der Waals surface area contributed by atoms with Gasteiger partial charge in [0.1, 0.15) is 0 Å². The highest BCUT2D eigenvalue weighted by Gasteiger charge is 2.21. The topological polar surface area (TPSA) is 92.4 Å². The second-order valence-corrected chi connectivity index (χ2v) is 7.33. The normalized spacial score (nSPS) is 11.7. The van der Waals surface area contributed by atoms with E-state index in [9.17, 15) is 14.7 Å². The van der Waals surface area contributed by atoms with Crippen molar-refractivity contribution in [2.45, 2.75) is 12.3 Å². The van der Waals surface area contributed by atoms with Crippen LogP contribution in [-0.2, 0) is 11.2 Å². The average Bonchev–Trinajstić information content (AvgIpc) is 2.67. The van der Waals surface area contributed by atoms with Crippen LogP contribution in [0.3, 0.4) is 0 Å². The number of carboxylic acids is 1. The van der Waals surface area contributed by atoms with Crippen LogP contribution in [0.2, 0.25) is 10.0 Å². The van der Waals surface area contributed by atoms with Crippen LogP contribution in [0.1, 0.15) is 27.4 Å². The second-order valence-electron chi connectivity index (χ2n) is 6.51. The summed E-state index contributed by atoms with van der Waals surface area (Å²) >= 11 is 12.1. The predicted octanol–water partition coefficient (Wildman–Crippen LogP) is 5.24. The molecule has 7 heteroatoms. The third kappa shape index (κ3) is 5.08. The van der Waals surface area contributed by atoms with Crippen molar-refractivity contribution in [1.29, 1.82) is 0 Å². The molecular weight excluding hydrogens is 411 g/mol. The largest absolute Gasteiger partial charge is 0.481 e. The van der Waals surface area contributed by atoms with Crippen molar-refractivity contribution >= 4 is 46.5 Å². The molecule has 29 heavy (non-hydrogen) atoms. The Morgan fingerprint density at radius 1 is 0.966 bits per heavy atom. The van der Waals surface area contributed by atoms with E-state index in [1.165, 1.54) is 0 Å². The fraction of sp³-hybridized carbons (Fsp3) is 0.0909. The van der Waals surface area contributed by atoms with Gasteiger partial charge < -0.3 is 16.2 Å². The number of aliphatic carboxylic acids is 1. The van der Waals surface area contributed by atoms with Gasteiger partial charge in [0.2, 0.25) is 0 Å². The first-order valence-corrected chi connectivity index (χ1v) is 9.53. The number of amides is 1. The smallest absolute Gasteiger partial charge is 0.311 e. The van der Waals surface area contributed by atoms with Gasteiger partial charge in [-0.1, -0.05) is 53.5 Å². The number of halogens is 2. The van der Waals surface area contributed by atoms with Crippen molar-refractivity contribution in [2.24, 2.45) is 0 Å². The Morgan fingerprint density at radius 2 is 1.59 bits per heavy atom. The number of carboxylic acid groups (broad SMARTS) is 1. The molecule has 0 bridgehead atoms. The number of carbonyl (C=O) groups excluding carboxylic acids is 1. The first kappa shape index (κ1) is 20.7. The van der Waals surface area contributed by atoms with E-state index >= 15 is 0 Å². The van der Waals surface area contributed by atoms with Gasteiger partial charge in [-0.3, -0.25) is 9.59 Å². The van der Waals surface area contributed by atoms with Crippen LogP contribution in [-0.4, -0.2) is 17.0 Å². The standard InChI is InChI=1S/C22H18Cl2N2O3/c23-18-5-2-6-19(24)20(18)21(27)26-16-9-7-13(8-10-16)11-17(22(28)29)14-3-1-4-15(25)12-14/h1-10,12,17H,11,25H2,(H,26,27)(H,28,29). The van der Waals surface area contributed by atoms with E-state index in [2.05, 4.69) is 5.32 Å². The lowest BCUT2D eigenvalue weighted by Crippen LogP contribution is -2.15. The minimum absolute atomic E-state index is 0.201. The number of nitrogens with one attached hydrogen (secondary N) is 1. The summed E-state index contributed by atoms with van der Waals surface area (Å²) in [6.45, 7) is 0. The van der Waals surface area contributed by atoms with Crippen LogP contribution in [0.5, 0.6) is 0 Å². The molecule has 148 valence electrons. The Labute approximate surface area is 178 Å². The van der Waals surface area contributed by atoms with E-state index in [-0.39, 0.29) is 15.6 Å². The Hall–Kier alpha value is -3.02. The molecule has 0 aromatic heterocycles. The van der Waals surface area contributed by atoms with Crippen LogP contribution in [0.4, 0.5) is 11.4 Å². The van der Waals surface area contributed by atoms with E-state index in [0.29, 0.717) is 23.4 Å². The van der Waals surface area contributed by atoms with Gasteiger partial charge in [-0.05, 0) is 53.9 Å². The zero-order chi connectivity index (χ0) is 21.0. The van der Waals surface area contributed by atoms with E-state index < -0.39 is 17.8 Å². The van der Waals surface area contributed by atoms with Crippen molar-refractivity contribution < 1.29 is 14.7 Å². The minimum Gasteiger partial charge on any atom is -0.481 e. The number of hydrogen-bond acceptors (Lipinski definition) is 3. The summed E-state index contributed by atoms with van der Waals surface area (Å²) in [4.78, 5) is 24.2. The SMILES string of the molecule is Nc1cccc(C(Cc2ccc(NC(=O)c3c(Cl)cccc3Cl)cc2)C(=O)O)c1. The van der Waals surface area contributed by atoms with E-state index in [1.807, 2.05) is 0 Å². The van der Waals surface area contributed by atoms with E-state index in [1.54, 1.807) is 66.7 Å². The summed E-state index contributed by atoms with van der Waals surface area (Å²) in [7, 11) is 0. The number of anilines is 2. The average molecular weight is 429 g/mol. The molecule has 0 aliphatic carbocycles. The molecule has 0 radical (unpaired) electrons. The minimum atomic E-state index is -0.929. The van der Waals surface area contributed by atoms with E-state index in [4.69, 9.17) is 28.9 Å². The summed E-state index contributed by atoms with van der Waals surface area (Å²) in [6, 6.07) is 18.7. The van der Waals surface area contributed by atoms with Gasteiger partial charge in [-0.25, -0.2) is 0 Å². The van der Waals surface area contributed by atoms with Crippen molar-refractivity contribution in [1.82, 2.24) is 0 Å². The summed E-state index contributed by atoms with van der Waals surface area (Å²) in [5.41, 5.74) is 8.50. The van der Waals surface area contributed by atoms with Crippen LogP contribution in [0.15, 0.2) is 66.7 Å². The maximum absolute atomic E-state index is 12.5.